The standard InChI is InChI=1S/C24H27N3O4S/c1-3-30-19-11-5-16(6-12-19)25-22(28)15-21-23(29)27(24(32)26(21)17-7-8-17)18-9-13-20(14-10-18)31-4-2/h5-6,9-14,17,21H,3-4,7-8,15H2,1-2H3,(H,25,28)/t21-/m0/s1. The van der Waals surface area contributed by atoms with Gasteiger partial charge in [-0.2, -0.15) is 0 Å². The maximum absolute atomic E-state index is 13.3. The van der Waals surface area contributed by atoms with Gasteiger partial charge in [0, 0.05) is 11.7 Å². The number of amides is 2. The van der Waals surface area contributed by atoms with E-state index in [0.717, 1.165) is 24.3 Å². The van der Waals surface area contributed by atoms with E-state index in [0.29, 0.717) is 29.7 Å². The van der Waals surface area contributed by atoms with Gasteiger partial charge in [-0.25, -0.2) is 0 Å². The van der Waals surface area contributed by atoms with E-state index in [9.17, 15) is 9.59 Å². The first kappa shape index (κ1) is 22.1. The average Bonchev–Trinajstić information content (AvgIpc) is 3.58. The lowest BCUT2D eigenvalue weighted by Gasteiger charge is -2.23. The highest BCUT2D eigenvalue weighted by molar-refractivity contribution is 7.80. The molecule has 1 aliphatic carbocycles. The van der Waals surface area contributed by atoms with Crippen LogP contribution in [0.15, 0.2) is 48.5 Å². The number of anilines is 2. The minimum atomic E-state index is -0.607. The van der Waals surface area contributed by atoms with Crippen LogP contribution in [0.5, 0.6) is 11.5 Å². The number of benzene rings is 2. The topological polar surface area (TPSA) is 71.1 Å². The summed E-state index contributed by atoms with van der Waals surface area (Å²) in [5.41, 5.74) is 1.34. The molecular weight excluding hydrogens is 426 g/mol. The molecule has 0 spiro atoms. The number of ether oxygens (including phenoxy) is 2. The Morgan fingerprint density at radius 2 is 1.56 bits per heavy atom. The molecule has 8 heteroatoms. The Kier molecular flexibility index (Phi) is 6.60. The van der Waals surface area contributed by atoms with Gasteiger partial charge in [-0.15, -0.1) is 0 Å². The predicted molar refractivity (Wildman–Crippen MR) is 127 cm³/mol. The van der Waals surface area contributed by atoms with E-state index in [1.54, 1.807) is 24.3 Å². The molecule has 2 aromatic carbocycles. The third-order valence-electron chi connectivity index (χ3n) is 5.43. The lowest BCUT2D eigenvalue weighted by Crippen LogP contribution is -2.39. The number of nitrogens with zero attached hydrogens (tertiary/aromatic N) is 2. The number of hydrogen-bond donors (Lipinski definition) is 1. The van der Waals surface area contributed by atoms with Crippen molar-refractivity contribution < 1.29 is 19.1 Å². The number of carbonyl (C=O) groups excluding carboxylic acids is 2. The first-order valence-corrected chi connectivity index (χ1v) is 11.3. The summed E-state index contributed by atoms with van der Waals surface area (Å²) in [6, 6.07) is 14.1. The molecule has 0 radical (unpaired) electrons. The van der Waals surface area contributed by atoms with E-state index in [4.69, 9.17) is 21.7 Å². The lowest BCUT2D eigenvalue weighted by atomic mass is 10.1. The van der Waals surface area contributed by atoms with Crippen molar-refractivity contribution in [1.29, 1.82) is 0 Å². The van der Waals surface area contributed by atoms with Crippen LogP contribution in [0.4, 0.5) is 11.4 Å². The Balaban J connectivity index is 1.47. The third kappa shape index (κ3) is 4.70. The summed E-state index contributed by atoms with van der Waals surface area (Å²) in [6.45, 7) is 4.99. The van der Waals surface area contributed by atoms with Crippen molar-refractivity contribution in [3.63, 3.8) is 0 Å². The molecule has 0 aromatic heterocycles. The maximum Gasteiger partial charge on any atom is 0.256 e. The summed E-state index contributed by atoms with van der Waals surface area (Å²) >= 11 is 5.67. The zero-order valence-corrected chi connectivity index (χ0v) is 19.1. The molecule has 1 saturated heterocycles. The van der Waals surface area contributed by atoms with Crippen LogP contribution in [0, 0.1) is 0 Å². The predicted octanol–water partition coefficient (Wildman–Crippen LogP) is 3.98. The van der Waals surface area contributed by atoms with E-state index >= 15 is 0 Å². The normalized spacial score (nSPS) is 18.1. The highest BCUT2D eigenvalue weighted by Crippen LogP contribution is 2.37. The van der Waals surface area contributed by atoms with Crippen molar-refractivity contribution in [3.8, 4) is 11.5 Å². The first-order valence-electron chi connectivity index (χ1n) is 10.9. The summed E-state index contributed by atoms with van der Waals surface area (Å²) in [7, 11) is 0. The number of thiocarbonyl (C=S) groups is 1. The molecule has 168 valence electrons. The van der Waals surface area contributed by atoms with Gasteiger partial charge >= 0.3 is 0 Å². The van der Waals surface area contributed by atoms with E-state index < -0.39 is 6.04 Å². The fourth-order valence-electron chi connectivity index (χ4n) is 3.84. The summed E-state index contributed by atoms with van der Waals surface area (Å²) in [5.74, 6) is 1.08. The second kappa shape index (κ2) is 9.56. The zero-order chi connectivity index (χ0) is 22.7. The molecular formula is C24H27N3O4S. The molecule has 0 bridgehead atoms. The molecule has 1 N–H and O–H groups in total. The molecule has 2 aromatic rings. The van der Waals surface area contributed by atoms with Crippen molar-refractivity contribution >= 4 is 40.5 Å². The van der Waals surface area contributed by atoms with Crippen molar-refractivity contribution in [1.82, 2.24) is 4.90 Å². The maximum atomic E-state index is 13.3. The highest BCUT2D eigenvalue weighted by atomic mass is 32.1. The van der Waals surface area contributed by atoms with Crippen LogP contribution in [-0.4, -0.2) is 47.1 Å². The molecule has 1 atom stereocenters. The van der Waals surface area contributed by atoms with Crippen LogP contribution in [0.3, 0.4) is 0 Å². The van der Waals surface area contributed by atoms with Crippen LogP contribution in [0.1, 0.15) is 33.1 Å². The minimum Gasteiger partial charge on any atom is -0.494 e. The zero-order valence-electron chi connectivity index (χ0n) is 18.2. The number of rotatable bonds is 9. The fraction of sp³-hybridized carbons (Fsp3) is 0.375. The van der Waals surface area contributed by atoms with Crippen LogP contribution in [0.25, 0.3) is 0 Å². The van der Waals surface area contributed by atoms with E-state index in [2.05, 4.69) is 5.32 Å². The van der Waals surface area contributed by atoms with Crippen LogP contribution in [-0.2, 0) is 9.59 Å². The molecule has 2 fully saturated rings. The number of hydrogen-bond acceptors (Lipinski definition) is 5. The molecule has 1 saturated carbocycles. The van der Waals surface area contributed by atoms with Crippen molar-refractivity contribution in [2.24, 2.45) is 0 Å². The lowest BCUT2D eigenvalue weighted by molar-refractivity contribution is -0.124. The Morgan fingerprint density at radius 3 is 2.09 bits per heavy atom. The second-order valence-electron chi connectivity index (χ2n) is 7.75. The van der Waals surface area contributed by atoms with Gasteiger partial charge < -0.3 is 19.7 Å². The van der Waals surface area contributed by atoms with Crippen LogP contribution >= 0.6 is 12.2 Å². The summed E-state index contributed by atoms with van der Waals surface area (Å²) < 4.78 is 10.9. The molecule has 1 heterocycles. The van der Waals surface area contributed by atoms with E-state index in [-0.39, 0.29) is 24.3 Å². The Bertz CT molecular complexity index is 989. The van der Waals surface area contributed by atoms with Crippen molar-refractivity contribution in [2.45, 2.75) is 45.2 Å². The molecule has 4 rings (SSSR count). The molecule has 1 aliphatic heterocycles. The van der Waals surface area contributed by atoms with Crippen LogP contribution in [0.2, 0.25) is 0 Å². The molecule has 2 aliphatic rings. The number of carbonyl (C=O) groups is 2. The minimum absolute atomic E-state index is 0.0379. The van der Waals surface area contributed by atoms with Gasteiger partial charge in [-0.3, -0.25) is 14.5 Å². The first-order chi connectivity index (χ1) is 15.5. The van der Waals surface area contributed by atoms with Gasteiger partial charge in [0.1, 0.15) is 17.5 Å². The van der Waals surface area contributed by atoms with Gasteiger partial charge in [0.25, 0.3) is 5.91 Å². The van der Waals surface area contributed by atoms with Gasteiger partial charge in [-0.1, -0.05) is 0 Å². The Hall–Kier alpha value is -3.13. The number of nitrogens with one attached hydrogen (secondary N) is 1. The van der Waals surface area contributed by atoms with Gasteiger partial charge in [0.15, 0.2) is 5.11 Å². The van der Waals surface area contributed by atoms with Crippen LogP contribution < -0.4 is 19.7 Å². The van der Waals surface area contributed by atoms with Crippen molar-refractivity contribution in [3.05, 3.63) is 48.5 Å². The monoisotopic (exact) mass is 453 g/mol. The van der Waals surface area contributed by atoms with Gasteiger partial charge in [0.2, 0.25) is 5.91 Å². The smallest absolute Gasteiger partial charge is 0.256 e. The van der Waals surface area contributed by atoms with E-state index in [1.165, 1.54) is 4.90 Å². The summed E-state index contributed by atoms with van der Waals surface area (Å²) in [6.07, 6.45) is 1.99. The SMILES string of the molecule is CCOc1ccc(NC(=O)C[C@H]2C(=O)N(c3ccc(OCC)cc3)C(=S)N2C2CC2)cc1. The summed E-state index contributed by atoms with van der Waals surface area (Å²) in [5, 5.41) is 3.34. The summed E-state index contributed by atoms with van der Waals surface area (Å²) in [4.78, 5) is 29.6. The molecule has 2 amide bonds. The Labute approximate surface area is 193 Å². The third-order valence-corrected chi connectivity index (χ3v) is 5.82. The van der Waals surface area contributed by atoms with Crippen molar-refractivity contribution in [2.75, 3.05) is 23.4 Å². The van der Waals surface area contributed by atoms with E-state index in [1.807, 2.05) is 43.0 Å². The fourth-order valence-corrected chi connectivity index (χ4v) is 4.32. The second-order valence-corrected chi connectivity index (χ2v) is 8.11. The quantitative estimate of drug-likeness (QED) is 0.579. The van der Waals surface area contributed by atoms with Gasteiger partial charge in [-0.05, 0) is 87.4 Å². The molecule has 7 nitrogen and oxygen atoms in total. The molecule has 32 heavy (non-hydrogen) atoms. The Morgan fingerprint density at radius 1 is 1.00 bits per heavy atom. The largest absolute Gasteiger partial charge is 0.494 e. The molecule has 0 unspecified atom stereocenters. The average molecular weight is 454 g/mol. The highest BCUT2D eigenvalue weighted by Gasteiger charge is 2.49. The van der Waals surface area contributed by atoms with Gasteiger partial charge in [0.05, 0.1) is 25.3 Å².